The highest BCUT2D eigenvalue weighted by Gasteiger charge is 2.37. The smallest absolute Gasteiger partial charge is 0.242 e. The average Bonchev–Trinajstić information content (AvgIpc) is 2.98. The van der Waals surface area contributed by atoms with E-state index in [0.29, 0.717) is 11.7 Å². The monoisotopic (exact) mass is 443 g/mol. The number of unbranched alkanes of at least 4 members (excludes halogenated alkanes) is 1. The topological polar surface area (TPSA) is 45.0 Å². The van der Waals surface area contributed by atoms with Crippen molar-refractivity contribution in [3.63, 3.8) is 0 Å². The first-order valence-electron chi connectivity index (χ1n) is 9.06. The van der Waals surface area contributed by atoms with E-state index in [1.165, 1.54) is 11.8 Å². The van der Waals surface area contributed by atoms with Crippen molar-refractivity contribution in [2.24, 2.45) is 10.2 Å². The summed E-state index contributed by atoms with van der Waals surface area (Å²) in [6, 6.07) is 17.9. The molecule has 1 saturated heterocycles. The third-order valence-electron chi connectivity index (χ3n) is 4.24. The first-order valence-corrected chi connectivity index (χ1v) is 10.7. The van der Waals surface area contributed by atoms with E-state index in [1.54, 1.807) is 11.1 Å². The fourth-order valence-corrected chi connectivity index (χ4v) is 4.17. The van der Waals surface area contributed by atoms with Crippen LogP contribution < -0.4 is 0 Å². The molecular formula is C21H22BrN3OS. The molecule has 1 heterocycles. The fourth-order valence-electron chi connectivity index (χ4n) is 2.76. The number of benzene rings is 2. The van der Waals surface area contributed by atoms with Crippen LogP contribution in [-0.4, -0.2) is 27.4 Å². The summed E-state index contributed by atoms with van der Waals surface area (Å²) in [5, 5.41) is 9.22. The third kappa shape index (κ3) is 5.53. The molecule has 3 rings (SSSR count). The Bertz CT molecular complexity index is 821. The van der Waals surface area contributed by atoms with Gasteiger partial charge in [-0.05, 0) is 29.7 Å². The number of carbonyl (C=O) groups excluding carboxylic acids is 1. The van der Waals surface area contributed by atoms with Crippen molar-refractivity contribution in [3.8, 4) is 0 Å². The molecule has 27 heavy (non-hydrogen) atoms. The number of thioether (sulfide) groups is 1. The van der Waals surface area contributed by atoms with Gasteiger partial charge < -0.3 is 0 Å². The molecule has 0 aromatic heterocycles. The van der Waals surface area contributed by atoms with E-state index in [-0.39, 0.29) is 11.2 Å². The van der Waals surface area contributed by atoms with Crippen LogP contribution in [0.25, 0.3) is 0 Å². The Morgan fingerprint density at radius 2 is 1.89 bits per heavy atom. The number of carbonyl (C=O) groups is 1. The van der Waals surface area contributed by atoms with E-state index in [1.807, 2.05) is 54.6 Å². The molecule has 1 aliphatic rings. The van der Waals surface area contributed by atoms with Crippen LogP contribution in [0, 0.1) is 0 Å². The summed E-state index contributed by atoms with van der Waals surface area (Å²) >= 11 is 4.95. The van der Waals surface area contributed by atoms with Gasteiger partial charge in [0.15, 0.2) is 5.17 Å². The SMILES string of the molecule is CCCCC1SC(=NN=Cc2ccc(Br)cc2)N(Cc2ccccc2)C1=O. The van der Waals surface area contributed by atoms with Gasteiger partial charge in [0.05, 0.1) is 18.0 Å². The quantitative estimate of drug-likeness (QED) is 0.420. The summed E-state index contributed by atoms with van der Waals surface area (Å²) in [7, 11) is 0. The van der Waals surface area contributed by atoms with Gasteiger partial charge in [-0.2, -0.15) is 5.10 Å². The summed E-state index contributed by atoms with van der Waals surface area (Å²) in [4.78, 5) is 14.6. The van der Waals surface area contributed by atoms with Gasteiger partial charge in [0.1, 0.15) is 0 Å². The minimum Gasteiger partial charge on any atom is -0.284 e. The Morgan fingerprint density at radius 1 is 1.15 bits per heavy atom. The third-order valence-corrected chi connectivity index (χ3v) is 6.01. The predicted octanol–water partition coefficient (Wildman–Crippen LogP) is 5.47. The van der Waals surface area contributed by atoms with Gasteiger partial charge in [-0.1, -0.05) is 89.9 Å². The molecule has 6 heteroatoms. The highest BCUT2D eigenvalue weighted by Crippen LogP contribution is 2.32. The van der Waals surface area contributed by atoms with E-state index in [4.69, 9.17) is 0 Å². The summed E-state index contributed by atoms with van der Waals surface area (Å²) in [5.41, 5.74) is 2.06. The molecule has 0 saturated carbocycles. The van der Waals surface area contributed by atoms with Gasteiger partial charge >= 0.3 is 0 Å². The molecule has 0 N–H and O–H groups in total. The highest BCUT2D eigenvalue weighted by atomic mass is 79.9. The van der Waals surface area contributed by atoms with Crippen molar-refractivity contribution in [2.75, 3.05) is 0 Å². The number of hydrogen-bond donors (Lipinski definition) is 0. The Hall–Kier alpha value is -1.92. The molecule has 0 bridgehead atoms. The summed E-state index contributed by atoms with van der Waals surface area (Å²) < 4.78 is 1.02. The average molecular weight is 444 g/mol. The van der Waals surface area contributed by atoms with Crippen LogP contribution in [0.2, 0.25) is 0 Å². The minimum atomic E-state index is -0.0599. The molecule has 2 aromatic rings. The van der Waals surface area contributed by atoms with Crippen LogP contribution in [0.15, 0.2) is 69.3 Å². The lowest BCUT2D eigenvalue weighted by Gasteiger charge is -2.15. The Kier molecular flexibility index (Phi) is 7.24. The van der Waals surface area contributed by atoms with Crippen molar-refractivity contribution in [1.82, 2.24) is 4.90 Å². The summed E-state index contributed by atoms with van der Waals surface area (Å²) in [5.74, 6) is 0.134. The number of amidine groups is 1. The summed E-state index contributed by atoms with van der Waals surface area (Å²) in [6.45, 7) is 2.67. The lowest BCUT2D eigenvalue weighted by Crippen LogP contribution is -2.31. The standard InChI is InChI=1S/C21H22BrN3OS/c1-2-3-9-19-20(26)25(15-17-7-5-4-6-8-17)21(27-19)24-23-14-16-10-12-18(22)13-11-16/h4-8,10-14,19H,2-3,9,15H2,1H3. The first-order chi connectivity index (χ1) is 13.2. The predicted molar refractivity (Wildman–Crippen MR) is 117 cm³/mol. The molecule has 1 atom stereocenters. The van der Waals surface area contributed by atoms with Crippen molar-refractivity contribution < 1.29 is 4.79 Å². The van der Waals surface area contributed by atoms with Crippen molar-refractivity contribution >= 4 is 45.0 Å². The molecule has 0 radical (unpaired) electrons. The van der Waals surface area contributed by atoms with Crippen LogP contribution >= 0.6 is 27.7 Å². The van der Waals surface area contributed by atoms with Gasteiger partial charge in [-0.15, -0.1) is 5.10 Å². The zero-order valence-corrected chi connectivity index (χ0v) is 17.6. The fraction of sp³-hybridized carbons (Fsp3) is 0.286. The van der Waals surface area contributed by atoms with Gasteiger partial charge in [-0.3, -0.25) is 9.69 Å². The van der Waals surface area contributed by atoms with E-state index in [9.17, 15) is 4.79 Å². The van der Waals surface area contributed by atoms with Crippen molar-refractivity contribution in [2.45, 2.75) is 38.0 Å². The zero-order valence-electron chi connectivity index (χ0n) is 15.2. The Balaban J connectivity index is 1.77. The number of nitrogens with zero attached hydrogens (tertiary/aromatic N) is 3. The van der Waals surface area contributed by atoms with Crippen LogP contribution in [0.1, 0.15) is 37.3 Å². The molecule has 4 nitrogen and oxygen atoms in total. The van der Waals surface area contributed by atoms with E-state index < -0.39 is 0 Å². The van der Waals surface area contributed by atoms with Crippen LogP contribution in [0.3, 0.4) is 0 Å². The van der Waals surface area contributed by atoms with Crippen LogP contribution in [-0.2, 0) is 11.3 Å². The minimum absolute atomic E-state index is 0.0599. The molecular weight excluding hydrogens is 422 g/mol. The number of rotatable bonds is 7. The van der Waals surface area contributed by atoms with Crippen molar-refractivity contribution in [1.29, 1.82) is 0 Å². The van der Waals surface area contributed by atoms with Gasteiger partial charge in [-0.25, -0.2) is 0 Å². The lowest BCUT2D eigenvalue weighted by molar-refractivity contribution is -0.126. The molecule has 140 valence electrons. The maximum absolute atomic E-state index is 12.9. The first kappa shape index (κ1) is 19.8. The van der Waals surface area contributed by atoms with Crippen LogP contribution in [0.4, 0.5) is 0 Å². The Morgan fingerprint density at radius 3 is 2.59 bits per heavy atom. The van der Waals surface area contributed by atoms with Gasteiger partial charge in [0.25, 0.3) is 0 Å². The van der Waals surface area contributed by atoms with Gasteiger partial charge in [0, 0.05) is 4.47 Å². The van der Waals surface area contributed by atoms with E-state index >= 15 is 0 Å². The maximum Gasteiger partial charge on any atom is 0.242 e. The molecule has 0 aliphatic carbocycles. The normalized spacial score (nSPS) is 18.7. The van der Waals surface area contributed by atoms with E-state index in [2.05, 4.69) is 33.1 Å². The summed E-state index contributed by atoms with van der Waals surface area (Å²) in [6.07, 6.45) is 4.71. The van der Waals surface area contributed by atoms with Gasteiger partial charge in [0.2, 0.25) is 5.91 Å². The largest absolute Gasteiger partial charge is 0.284 e. The second-order valence-electron chi connectivity index (χ2n) is 6.34. The highest BCUT2D eigenvalue weighted by molar-refractivity contribution is 9.10. The zero-order chi connectivity index (χ0) is 19.1. The molecule has 1 aliphatic heterocycles. The molecule has 1 amide bonds. The molecule has 1 fully saturated rings. The maximum atomic E-state index is 12.9. The number of hydrogen-bond acceptors (Lipinski definition) is 4. The number of halogens is 1. The molecule has 1 unspecified atom stereocenters. The lowest BCUT2D eigenvalue weighted by atomic mass is 10.1. The second-order valence-corrected chi connectivity index (χ2v) is 8.42. The Labute approximate surface area is 172 Å². The number of amides is 1. The molecule has 0 spiro atoms. The molecule has 2 aromatic carbocycles. The van der Waals surface area contributed by atoms with Crippen LogP contribution in [0.5, 0.6) is 0 Å². The second kappa shape index (κ2) is 9.85. The van der Waals surface area contributed by atoms with Crippen molar-refractivity contribution in [3.05, 3.63) is 70.2 Å². The van der Waals surface area contributed by atoms with E-state index in [0.717, 1.165) is 34.9 Å².